The SMILES string of the molecule is CC(Sc1ccc(N)cc1)C(=O)NCc1cccs1. The second-order valence-corrected chi connectivity index (χ2v) is 6.57. The van der Waals surface area contributed by atoms with Crippen molar-refractivity contribution in [3.63, 3.8) is 0 Å². The minimum atomic E-state index is -0.122. The molecule has 0 radical (unpaired) electrons. The van der Waals surface area contributed by atoms with Gasteiger partial charge < -0.3 is 11.1 Å². The first-order chi connectivity index (χ1) is 9.15. The van der Waals surface area contributed by atoms with E-state index in [2.05, 4.69) is 5.32 Å². The molecule has 1 aromatic carbocycles. The van der Waals surface area contributed by atoms with Crippen molar-refractivity contribution in [2.24, 2.45) is 0 Å². The molecule has 1 amide bonds. The molecule has 1 aromatic heterocycles. The molecule has 2 aromatic rings. The molecule has 0 spiro atoms. The first-order valence-electron chi connectivity index (χ1n) is 5.97. The summed E-state index contributed by atoms with van der Waals surface area (Å²) in [7, 11) is 0. The van der Waals surface area contributed by atoms with Gasteiger partial charge in [-0.1, -0.05) is 6.07 Å². The molecule has 0 aliphatic carbocycles. The van der Waals surface area contributed by atoms with Crippen LogP contribution >= 0.6 is 23.1 Å². The number of carbonyl (C=O) groups is 1. The molecule has 1 heterocycles. The van der Waals surface area contributed by atoms with Crippen LogP contribution in [0.1, 0.15) is 11.8 Å². The summed E-state index contributed by atoms with van der Waals surface area (Å²) in [5, 5.41) is 4.83. The predicted molar refractivity (Wildman–Crippen MR) is 82.3 cm³/mol. The number of nitrogens with one attached hydrogen (secondary N) is 1. The monoisotopic (exact) mass is 292 g/mol. The van der Waals surface area contributed by atoms with Gasteiger partial charge in [0.1, 0.15) is 0 Å². The molecule has 0 aliphatic rings. The van der Waals surface area contributed by atoms with Crippen molar-refractivity contribution in [3.05, 3.63) is 46.7 Å². The van der Waals surface area contributed by atoms with E-state index in [0.29, 0.717) is 6.54 Å². The van der Waals surface area contributed by atoms with Crippen LogP contribution in [0, 0.1) is 0 Å². The Morgan fingerprint density at radius 3 is 2.74 bits per heavy atom. The van der Waals surface area contributed by atoms with Gasteiger partial charge >= 0.3 is 0 Å². The predicted octanol–water partition coefficient (Wildman–Crippen LogP) is 3.13. The van der Waals surface area contributed by atoms with Gasteiger partial charge in [0.25, 0.3) is 0 Å². The van der Waals surface area contributed by atoms with E-state index < -0.39 is 0 Å². The summed E-state index contributed by atoms with van der Waals surface area (Å²) in [6.07, 6.45) is 0. The van der Waals surface area contributed by atoms with Gasteiger partial charge in [0, 0.05) is 15.5 Å². The van der Waals surface area contributed by atoms with E-state index in [-0.39, 0.29) is 11.2 Å². The van der Waals surface area contributed by atoms with E-state index in [9.17, 15) is 4.79 Å². The lowest BCUT2D eigenvalue weighted by Crippen LogP contribution is -2.30. The van der Waals surface area contributed by atoms with Crippen LogP contribution in [0.5, 0.6) is 0 Å². The maximum absolute atomic E-state index is 12.0. The Morgan fingerprint density at radius 2 is 2.11 bits per heavy atom. The normalized spacial score (nSPS) is 12.1. The van der Waals surface area contributed by atoms with Gasteiger partial charge in [-0.2, -0.15) is 0 Å². The Balaban J connectivity index is 1.83. The number of benzene rings is 1. The zero-order chi connectivity index (χ0) is 13.7. The van der Waals surface area contributed by atoms with Crippen molar-refractivity contribution in [1.29, 1.82) is 0 Å². The summed E-state index contributed by atoms with van der Waals surface area (Å²) in [4.78, 5) is 14.2. The van der Waals surface area contributed by atoms with Crippen LogP contribution in [0.2, 0.25) is 0 Å². The van der Waals surface area contributed by atoms with E-state index in [4.69, 9.17) is 5.73 Å². The molecule has 0 saturated heterocycles. The zero-order valence-corrected chi connectivity index (χ0v) is 12.3. The second-order valence-electron chi connectivity index (χ2n) is 4.13. The summed E-state index contributed by atoms with van der Waals surface area (Å²) < 4.78 is 0. The van der Waals surface area contributed by atoms with Crippen LogP contribution in [0.3, 0.4) is 0 Å². The van der Waals surface area contributed by atoms with Gasteiger partial charge in [-0.15, -0.1) is 23.1 Å². The van der Waals surface area contributed by atoms with Crippen LogP contribution in [0.25, 0.3) is 0 Å². The maximum atomic E-state index is 12.0. The third-order valence-corrected chi connectivity index (χ3v) is 4.57. The molecule has 3 nitrogen and oxygen atoms in total. The lowest BCUT2D eigenvalue weighted by Gasteiger charge is -2.11. The molecule has 0 fully saturated rings. The number of thioether (sulfide) groups is 1. The van der Waals surface area contributed by atoms with Crippen LogP contribution in [0.15, 0.2) is 46.7 Å². The van der Waals surface area contributed by atoms with E-state index in [1.54, 1.807) is 11.3 Å². The molecular weight excluding hydrogens is 276 g/mol. The quantitative estimate of drug-likeness (QED) is 0.657. The Labute approximate surface area is 121 Å². The van der Waals surface area contributed by atoms with Gasteiger partial charge in [-0.05, 0) is 42.6 Å². The van der Waals surface area contributed by atoms with Gasteiger partial charge in [0.05, 0.1) is 11.8 Å². The minimum Gasteiger partial charge on any atom is -0.399 e. The highest BCUT2D eigenvalue weighted by Crippen LogP contribution is 2.24. The minimum absolute atomic E-state index is 0.0511. The van der Waals surface area contributed by atoms with Gasteiger partial charge in [0.15, 0.2) is 0 Å². The summed E-state index contributed by atoms with van der Waals surface area (Å²) in [6, 6.07) is 11.6. The van der Waals surface area contributed by atoms with E-state index in [0.717, 1.165) is 15.5 Å². The summed E-state index contributed by atoms with van der Waals surface area (Å²) in [6.45, 7) is 2.51. The third-order valence-electron chi connectivity index (χ3n) is 2.58. The summed E-state index contributed by atoms with van der Waals surface area (Å²) in [5.41, 5.74) is 6.37. The average molecular weight is 292 g/mol. The Bertz CT molecular complexity index is 523. The van der Waals surface area contributed by atoms with Crippen molar-refractivity contribution in [3.8, 4) is 0 Å². The summed E-state index contributed by atoms with van der Waals surface area (Å²) in [5.74, 6) is 0.0511. The fourth-order valence-electron chi connectivity index (χ4n) is 1.54. The number of nitrogen functional groups attached to an aromatic ring is 1. The number of amides is 1. The highest BCUT2D eigenvalue weighted by molar-refractivity contribution is 8.00. The van der Waals surface area contributed by atoms with Crippen LogP contribution < -0.4 is 11.1 Å². The molecule has 2 rings (SSSR count). The van der Waals surface area contributed by atoms with Crippen molar-refractivity contribution in [2.75, 3.05) is 5.73 Å². The number of thiophene rings is 1. The molecular formula is C14H16N2OS2. The van der Waals surface area contributed by atoms with E-state index >= 15 is 0 Å². The lowest BCUT2D eigenvalue weighted by atomic mass is 10.3. The topological polar surface area (TPSA) is 55.1 Å². The fraction of sp³-hybridized carbons (Fsp3) is 0.214. The molecule has 1 unspecified atom stereocenters. The van der Waals surface area contributed by atoms with Gasteiger partial charge in [-0.25, -0.2) is 0 Å². The third kappa shape index (κ3) is 4.29. The van der Waals surface area contributed by atoms with Crippen molar-refractivity contribution in [1.82, 2.24) is 5.32 Å². The van der Waals surface area contributed by atoms with Crippen molar-refractivity contribution >= 4 is 34.7 Å². The number of hydrogen-bond donors (Lipinski definition) is 2. The average Bonchev–Trinajstić information content (AvgIpc) is 2.91. The molecule has 19 heavy (non-hydrogen) atoms. The van der Waals surface area contributed by atoms with Crippen LogP contribution in [-0.2, 0) is 11.3 Å². The first-order valence-corrected chi connectivity index (χ1v) is 7.73. The lowest BCUT2D eigenvalue weighted by molar-refractivity contribution is -0.120. The van der Waals surface area contributed by atoms with Crippen LogP contribution in [-0.4, -0.2) is 11.2 Å². The summed E-state index contributed by atoms with van der Waals surface area (Å²) >= 11 is 3.18. The molecule has 0 aliphatic heterocycles. The molecule has 0 bridgehead atoms. The van der Waals surface area contributed by atoms with Crippen molar-refractivity contribution in [2.45, 2.75) is 23.6 Å². The number of nitrogens with two attached hydrogens (primary N) is 1. The number of carbonyl (C=O) groups excluding carboxylic acids is 1. The molecule has 100 valence electrons. The Kier molecular flexibility index (Phi) is 4.87. The van der Waals surface area contributed by atoms with E-state index in [1.165, 1.54) is 11.8 Å². The molecule has 3 N–H and O–H groups in total. The molecule has 5 heteroatoms. The molecule has 1 atom stereocenters. The highest BCUT2D eigenvalue weighted by atomic mass is 32.2. The standard InChI is InChI=1S/C14H16N2OS2/c1-10(19-12-6-4-11(15)5-7-12)14(17)16-9-13-3-2-8-18-13/h2-8,10H,9,15H2,1H3,(H,16,17). The fourth-order valence-corrected chi connectivity index (χ4v) is 3.07. The number of rotatable bonds is 5. The number of anilines is 1. The van der Waals surface area contributed by atoms with Crippen molar-refractivity contribution < 1.29 is 4.79 Å². The molecule has 0 saturated carbocycles. The highest BCUT2D eigenvalue weighted by Gasteiger charge is 2.13. The van der Waals surface area contributed by atoms with E-state index in [1.807, 2.05) is 48.7 Å². The Hall–Kier alpha value is -1.46. The largest absolute Gasteiger partial charge is 0.399 e. The van der Waals surface area contributed by atoms with Gasteiger partial charge in [0.2, 0.25) is 5.91 Å². The first kappa shape index (κ1) is 14.0. The number of hydrogen-bond acceptors (Lipinski definition) is 4. The second kappa shape index (κ2) is 6.63. The zero-order valence-electron chi connectivity index (χ0n) is 10.6. The van der Waals surface area contributed by atoms with Crippen LogP contribution in [0.4, 0.5) is 5.69 Å². The maximum Gasteiger partial charge on any atom is 0.233 e. The smallest absolute Gasteiger partial charge is 0.233 e. The Morgan fingerprint density at radius 1 is 1.37 bits per heavy atom. The van der Waals surface area contributed by atoms with Gasteiger partial charge in [-0.3, -0.25) is 4.79 Å².